The van der Waals surface area contributed by atoms with E-state index in [-0.39, 0.29) is 50.6 Å². The van der Waals surface area contributed by atoms with Gasteiger partial charge in [0.25, 0.3) is 11.8 Å². The molecule has 3 aromatic heterocycles. The number of aromatic nitrogens is 3. The van der Waals surface area contributed by atoms with Crippen LogP contribution in [0.1, 0.15) is 60.6 Å². The van der Waals surface area contributed by atoms with E-state index < -0.39 is 67.3 Å². The lowest BCUT2D eigenvalue weighted by Gasteiger charge is -2.23. The van der Waals surface area contributed by atoms with E-state index in [1.807, 2.05) is 5.32 Å². The van der Waals surface area contributed by atoms with Gasteiger partial charge in [-0.05, 0) is 68.2 Å². The average Bonchev–Trinajstić information content (AvgIpc) is 3.72. The normalized spacial score (nSPS) is 14.4. The first-order valence-corrected chi connectivity index (χ1v) is 13.1. The number of benzene rings is 2. The van der Waals surface area contributed by atoms with Gasteiger partial charge in [-0.15, -0.1) is 0 Å². The van der Waals surface area contributed by atoms with Gasteiger partial charge in [-0.25, -0.2) is 9.37 Å². The van der Waals surface area contributed by atoms with Crippen molar-refractivity contribution in [3.8, 4) is 28.2 Å². The minimum atomic E-state index is -4.61. The lowest BCUT2D eigenvalue weighted by molar-refractivity contribution is -0.134. The lowest BCUT2D eigenvalue weighted by Crippen LogP contribution is -2.42. The fourth-order valence-corrected chi connectivity index (χ4v) is 4.60. The van der Waals surface area contributed by atoms with Crippen molar-refractivity contribution in [2.45, 2.75) is 38.3 Å². The summed E-state index contributed by atoms with van der Waals surface area (Å²) in [5.74, 6) is -3.60. The van der Waals surface area contributed by atoms with Gasteiger partial charge in [0.2, 0.25) is 12.1 Å². The first kappa shape index (κ1) is 24.1. The number of nitrogens with one attached hydrogen (secondary N) is 2. The highest BCUT2D eigenvalue weighted by atomic mass is 19.4. The summed E-state index contributed by atoms with van der Waals surface area (Å²) in [7, 11) is 2.51. The Morgan fingerprint density at radius 2 is 1.78 bits per heavy atom. The molecule has 14 heteroatoms. The third-order valence-corrected chi connectivity index (χ3v) is 6.72. The molecule has 0 aliphatic rings. The van der Waals surface area contributed by atoms with Crippen LogP contribution in [0.15, 0.2) is 63.9 Å². The summed E-state index contributed by atoms with van der Waals surface area (Å²) >= 11 is 0. The van der Waals surface area contributed by atoms with E-state index in [4.69, 9.17) is 17.4 Å². The van der Waals surface area contributed by atoms with Crippen LogP contribution in [0.25, 0.3) is 33.6 Å². The molecule has 10 nitrogen and oxygen atoms in total. The van der Waals surface area contributed by atoms with Crippen LogP contribution in [0, 0.1) is 5.82 Å². The summed E-state index contributed by atoms with van der Waals surface area (Å²) < 4.78 is 119. The maximum atomic E-state index is 13.9. The van der Waals surface area contributed by atoms with Gasteiger partial charge in [0.1, 0.15) is 17.3 Å². The fraction of sp³-hybridized carbons (Fsp3) is 0.258. The monoisotopic (exact) mass is 631 g/mol. The first-order chi connectivity index (χ1) is 23.8. The van der Waals surface area contributed by atoms with Crippen LogP contribution in [0.5, 0.6) is 5.75 Å². The van der Waals surface area contributed by atoms with Crippen LogP contribution in [-0.2, 0) is 12.0 Å². The Morgan fingerprint density at radius 3 is 2.40 bits per heavy atom. The van der Waals surface area contributed by atoms with E-state index in [0.29, 0.717) is 6.39 Å². The number of hydrogen-bond acceptors (Lipinski definition) is 8. The van der Waals surface area contributed by atoms with Gasteiger partial charge in [0.05, 0.1) is 34.9 Å². The van der Waals surface area contributed by atoms with Gasteiger partial charge in [0.15, 0.2) is 5.82 Å². The minimum Gasteiger partial charge on any atom is -0.496 e. The number of alkyl halides is 3. The van der Waals surface area contributed by atoms with Crippen molar-refractivity contribution in [1.82, 2.24) is 25.8 Å². The standard InChI is InChI=1S/C31H27F4N5O5/c1-30(2,29-37-15-44-40-29)39-26(41)20-13-17(7-10-23(20)43-4)19-14-21-24(27(42)36-3)25(16-5-8-18(32)9-6-16)45-28(21)38-22(19)11-12-31(33,34)35/h5-10,13-15H,11-12H2,1-4H3,(H,36,42)(H,39,41)/i1D3,2D3. The Morgan fingerprint density at radius 1 is 1.04 bits per heavy atom. The molecule has 0 radical (unpaired) electrons. The number of nitrogens with zero attached hydrogens (tertiary/aromatic N) is 3. The first-order valence-electron chi connectivity index (χ1n) is 16.1. The molecule has 2 aromatic carbocycles. The van der Waals surface area contributed by atoms with Crippen LogP contribution in [0.3, 0.4) is 0 Å². The minimum absolute atomic E-state index is 0.0103. The third kappa shape index (κ3) is 6.49. The van der Waals surface area contributed by atoms with Gasteiger partial charge >= 0.3 is 6.18 Å². The molecule has 3 heterocycles. The van der Waals surface area contributed by atoms with Crippen molar-refractivity contribution in [1.29, 1.82) is 0 Å². The highest BCUT2D eigenvalue weighted by Gasteiger charge is 2.31. The number of rotatable bonds is 9. The molecule has 0 fully saturated rings. The maximum Gasteiger partial charge on any atom is 0.389 e. The predicted octanol–water partition coefficient (Wildman–Crippen LogP) is 6.21. The highest BCUT2D eigenvalue weighted by molar-refractivity contribution is 6.11. The topological polar surface area (TPSA) is 132 Å². The molecule has 2 amide bonds. The quantitative estimate of drug-likeness (QED) is 0.184. The number of aryl methyl sites for hydroxylation is 1. The number of fused-ring (bicyclic) bond motifs is 1. The van der Waals surface area contributed by atoms with Crippen LogP contribution in [-0.4, -0.2) is 47.3 Å². The van der Waals surface area contributed by atoms with Gasteiger partial charge in [-0.1, -0.05) is 11.2 Å². The Hall–Kier alpha value is -5.27. The van der Waals surface area contributed by atoms with E-state index in [2.05, 4.69) is 25.0 Å². The van der Waals surface area contributed by atoms with E-state index in [1.165, 1.54) is 44.5 Å². The average molecular weight is 632 g/mol. The van der Waals surface area contributed by atoms with Crippen molar-refractivity contribution in [3.63, 3.8) is 0 Å². The molecular formula is C31H27F4N5O5. The zero-order valence-corrected chi connectivity index (χ0v) is 23.5. The molecule has 0 atom stereocenters. The largest absolute Gasteiger partial charge is 0.496 e. The smallest absolute Gasteiger partial charge is 0.389 e. The van der Waals surface area contributed by atoms with Gasteiger partial charge < -0.3 is 24.3 Å². The van der Waals surface area contributed by atoms with Crippen molar-refractivity contribution < 1.29 is 49.1 Å². The molecule has 0 saturated carbocycles. The number of ether oxygens (including phenoxy) is 1. The number of methoxy groups -OCH3 is 1. The molecule has 45 heavy (non-hydrogen) atoms. The van der Waals surface area contributed by atoms with Crippen molar-refractivity contribution >= 4 is 22.9 Å². The molecule has 0 spiro atoms. The fourth-order valence-electron chi connectivity index (χ4n) is 4.60. The van der Waals surface area contributed by atoms with Crippen molar-refractivity contribution in [2.75, 3.05) is 14.2 Å². The van der Waals surface area contributed by atoms with Crippen LogP contribution >= 0.6 is 0 Å². The van der Waals surface area contributed by atoms with Crippen LogP contribution in [0.4, 0.5) is 17.6 Å². The molecule has 2 N–H and O–H groups in total. The third-order valence-electron chi connectivity index (χ3n) is 6.72. The highest BCUT2D eigenvalue weighted by Crippen LogP contribution is 2.38. The molecule has 0 bridgehead atoms. The number of pyridine rings is 1. The molecule has 0 aliphatic carbocycles. The summed E-state index contributed by atoms with van der Waals surface area (Å²) in [5, 5.41) is 7.97. The van der Waals surface area contributed by atoms with Crippen LogP contribution < -0.4 is 15.4 Å². The van der Waals surface area contributed by atoms with Crippen molar-refractivity contribution in [2.24, 2.45) is 0 Å². The Bertz CT molecular complexity index is 2070. The van der Waals surface area contributed by atoms with E-state index in [9.17, 15) is 27.2 Å². The lowest BCUT2D eigenvalue weighted by atomic mass is 9.96. The summed E-state index contributed by atoms with van der Waals surface area (Å²) in [4.78, 5) is 35.0. The van der Waals surface area contributed by atoms with Crippen LogP contribution in [0.2, 0.25) is 0 Å². The molecule has 0 aliphatic heterocycles. The number of amides is 2. The second-order valence-corrected chi connectivity index (χ2v) is 9.72. The van der Waals surface area contributed by atoms with Gasteiger partial charge in [0, 0.05) is 32.8 Å². The number of hydrogen-bond donors (Lipinski definition) is 2. The van der Waals surface area contributed by atoms with Crippen molar-refractivity contribution in [3.05, 3.63) is 83.4 Å². The van der Waals surface area contributed by atoms with Gasteiger partial charge in [-0.3, -0.25) is 9.59 Å². The zero-order chi connectivity index (χ0) is 37.5. The second kappa shape index (κ2) is 12.0. The van der Waals surface area contributed by atoms with Gasteiger partial charge in [-0.2, -0.15) is 18.2 Å². The van der Waals surface area contributed by atoms with E-state index in [0.717, 1.165) is 18.2 Å². The molecule has 5 rings (SSSR count). The molecule has 0 saturated heterocycles. The molecular weight excluding hydrogens is 598 g/mol. The molecule has 0 unspecified atom stereocenters. The summed E-state index contributed by atoms with van der Waals surface area (Å²) in [6.45, 7) is -6.94. The van der Waals surface area contributed by atoms with E-state index >= 15 is 0 Å². The summed E-state index contributed by atoms with van der Waals surface area (Å²) in [6, 6.07) is 10.0. The Labute approximate surface area is 262 Å². The SMILES string of the molecule is [2H]C([2H])([2H])C(NC(=O)c1cc(-c2cc3c(C(=O)NC)c(-c4ccc(F)cc4)oc3nc2CCC(F)(F)F)ccc1OC)(c1ncon1)C([2H])([2H])[2H]. The second-order valence-electron chi connectivity index (χ2n) is 9.72. The predicted molar refractivity (Wildman–Crippen MR) is 154 cm³/mol. The number of halogens is 4. The Balaban J connectivity index is 1.73. The number of carbonyl (C=O) groups excluding carboxylic acids is 2. The Kier molecular flexibility index (Phi) is 6.44. The molecule has 234 valence electrons. The number of carbonyl (C=O) groups is 2. The summed E-state index contributed by atoms with van der Waals surface area (Å²) in [5.41, 5.74) is -3.72. The van der Waals surface area contributed by atoms with E-state index in [1.54, 1.807) is 0 Å². The molecule has 5 aromatic rings. The summed E-state index contributed by atoms with van der Waals surface area (Å²) in [6.07, 6.45) is -5.92. The maximum absolute atomic E-state index is 13.9. The zero-order valence-electron chi connectivity index (χ0n) is 29.5. The number of furan rings is 1.